The molecule has 34 heavy (non-hydrogen) atoms. The van der Waals surface area contributed by atoms with E-state index < -0.39 is 5.82 Å². The van der Waals surface area contributed by atoms with Gasteiger partial charge < -0.3 is 4.74 Å². The van der Waals surface area contributed by atoms with E-state index in [9.17, 15) is 4.39 Å². The van der Waals surface area contributed by atoms with Gasteiger partial charge in [-0.05, 0) is 63.0 Å². The summed E-state index contributed by atoms with van der Waals surface area (Å²) in [6.07, 6.45) is 8.67. The number of hydrogen-bond donors (Lipinski definition) is 0. The molecule has 7 nitrogen and oxygen atoms in total. The standard InChI is InChI=1S/C25H22ClFN6O/c1-13-14(2)30-25-23(29-13)22(19-6-3-17(26)10-20(19)27)31-24(32-25)15-7-8-34-21(9-15)16-11-28-33(12-16)18-4-5-18/h3,6,9-12,18,21H,4-5,7-8H2,1-2H3. The van der Waals surface area contributed by atoms with Crippen LogP contribution in [0.1, 0.15) is 54.2 Å². The van der Waals surface area contributed by atoms with Crippen LogP contribution in [0, 0.1) is 19.7 Å². The summed E-state index contributed by atoms with van der Waals surface area (Å²) in [6.45, 7) is 4.27. The van der Waals surface area contributed by atoms with Crippen LogP contribution in [0.4, 0.5) is 4.39 Å². The molecule has 4 heterocycles. The molecule has 1 saturated carbocycles. The first-order chi connectivity index (χ1) is 16.5. The number of fused-ring (bicyclic) bond motifs is 1. The molecule has 1 fully saturated rings. The molecule has 9 heteroatoms. The number of ether oxygens (including phenoxy) is 1. The average Bonchev–Trinajstić information content (AvgIpc) is 3.56. The molecule has 0 amide bonds. The van der Waals surface area contributed by atoms with Crippen molar-refractivity contribution in [3.63, 3.8) is 0 Å². The van der Waals surface area contributed by atoms with Gasteiger partial charge in [-0.3, -0.25) is 4.68 Å². The van der Waals surface area contributed by atoms with Gasteiger partial charge in [0.05, 0.1) is 30.2 Å². The van der Waals surface area contributed by atoms with E-state index in [2.05, 4.69) is 21.3 Å². The maximum Gasteiger partial charge on any atom is 0.182 e. The topological polar surface area (TPSA) is 78.6 Å². The second-order valence-corrected chi connectivity index (χ2v) is 9.24. The molecular weight excluding hydrogens is 455 g/mol. The average molecular weight is 477 g/mol. The van der Waals surface area contributed by atoms with Crippen LogP contribution in [0.2, 0.25) is 5.02 Å². The highest BCUT2D eigenvalue weighted by Crippen LogP contribution is 2.37. The number of benzene rings is 1. The Balaban J connectivity index is 1.48. The zero-order valence-corrected chi connectivity index (χ0v) is 19.6. The maximum atomic E-state index is 14.9. The van der Waals surface area contributed by atoms with Gasteiger partial charge in [-0.2, -0.15) is 5.10 Å². The minimum atomic E-state index is -0.468. The van der Waals surface area contributed by atoms with E-state index >= 15 is 0 Å². The normalized spacial score (nSPS) is 18.4. The third kappa shape index (κ3) is 3.86. The molecule has 0 bridgehead atoms. The van der Waals surface area contributed by atoms with Crippen molar-refractivity contribution in [2.45, 2.75) is 45.3 Å². The fraction of sp³-hybridized carbons (Fsp3) is 0.320. The highest BCUT2D eigenvalue weighted by molar-refractivity contribution is 6.30. The Morgan fingerprint density at radius 2 is 1.91 bits per heavy atom. The van der Waals surface area contributed by atoms with Crippen LogP contribution in [-0.2, 0) is 4.74 Å². The molecule has 0 saturated heterocycles. The van der Waals surface area contributed by atoms with Gasteiger partial charge in [-0.1, -0.05) is 11.6 Å². The van der Waals surface area contributed by atoms with Crippen LogP contribution < -0.4 is 0 Å². The van der Waals surface area contributed by atoms with E-state index in [4.69, 9.17) is 26.3 Å². The van der Waals surface area contributed by atoms with E-state index in [-0.39, 0.29) is 6.10 Å². The van der Waals surface area contributed by atoms with E-state index in [1.54, 1.807) is 12.1 Å². The quantitative estimate of drug-likeness (QED) is 0.383. The largest absolute Gasteiger partial charge is 0.369 e. The third-order valence-corrected chi connectivity index (χ3v) is 6.54. The van der Waals surface area contributed by atoms with Crippen molar-refractivity contribution in [2.24, 2.45) is 0 Å². The first kappa shape index (κ1) is 21.3. The molecule has 4 aromatic rings. The summed E-state index contributed by atoms with van der Waals surface area (Å²) in [7, 11) is 0. The van der Waals surface area contributed by atoms with Crippen molar-refractivity contribution in [1.29, 1.82) is 0 Å². The van der Waals surface area contributed by atoms with Gasteiger partial charge in [0, 0.05) is 22.3 Å². The predicted octanol–water partition coefficient (Wildman–Crippen LogP) is 5.57. The summed E-state index contributed by atoms with van der Waals surface area (Å²) in [5.41, 5.74) is 5.04. The molecule has 1 aromatic carbocycles. The molecule has 1 unspecified atom stereocenters. The highest BCUT2D eigenvalue weighted by atomic mass is 35.5. The first-order valence-electron chi connectivity index (χ1n) is 11.3. The number of aromatic nitrogens is 6. The van der Waals surface area contributed by atoms with Crippen LogP contribution in [0.25, 0.3) is 28.0 Å². The van der Waals surface area contributed by atoms with Gasteiger partial charge in [0.15, 0.2) is 11.5 Å². The summed E-state index contributed by atoms with van der Waals surface area (Å²) in [6, 6.07) is 5.05. The Labute approximate surface area is 200 Å². The Morgan fingerprint density at radius 3 is 2.71 bits per heavy atom. The lowest BCUT2D eigenvalue weighted by Crippen LogP contribution is -2.12. The van der Waals surface area contributed by atoms with Crippen LogP contribution in [0.3, 0.4) is 0 Å². The molecule has 0 spiro atoms. The van der Waals surface area contributed by atoms with Gasteiger partial charge in [-0.15, -0.1) is 0 Å². The van der Waals surface area contributed by atoms with Gasteiger partial charge in [0.2, 0.25) is 0 Å². The molecule has 172 valence electrons. The summed E-state index contributed by atoms with van der Waals surface area (Å²) in [5, 5.41) is 4.81. The van der Waals surface area contributed by atoms with Crippen LogP contribution in [-0.4, -0.2) is 36.3 Å². The maximum absolute atomic E-state index is 14.9. The minimum absolute atomic E-state index is 0.239. The zero-order chi connectivity index (χ0) is 23.4. The number of rotatable bonds is 4. The van der Waals surface area contributed by atoms with Crippen molar-refractivity contribution in [1.82, 2.24) is 29.7 Å². The second-order valence-electron chi connectivity index (χ2n) is 8.80. The van der Waals surface area contributed by atoms with Crippen molar-refractivity contribution < 1.29 is 9.13 Å². The lowest BCUT2D eigenvalue weighted by molar-refractivity contribution is 0.0825. The van der Waals surface area contributed by atoms with E-state index in [0.717, 1.165) is 22.5 Å². The molecule has 0 N–H and O–H groups in total. The lowest BCUT2D eigenvalue weighted by atomic mass is 10.0. The first-order valence-corrected chi connectivity index (χ1v) is 11.7. The van der Waals surface area contributed by atoms with E-state index in [1.807, 2.05) is 30.8 Å². The number of aryl methyl sites for hydroxylation is 2. The third-order valence-electron chi connectivity index (χ3n) is 6.31. The van der Waals surface area contributed by atoms with Gasteiger partial charge in [0.1, 0.15) is 23.1 Å². The van der Waals surface area contributed by atoms with E-state index in [0.29, 0.717) is 52.3 Å². The number of halogens is 2. The molecule has 1 atom stereocenters. The summed E-state index contributed by atoms with van der Waals surface area (Å²) in [5.74, 6) is 0.0297. The highest BCUT2D eigenvalue weighted by Gasteiger charge is 2.27. The Morgan fingerprint density at radius 1 is 1.09 bits per heavy atom. The zero-order valence-electron chi connectivity index (χ0n) is 18.8. The summed E-state index contributed by atoms with van der Waals surface area (Å²) < 4.78 is 23.0. The summed E-state index contributed by atoms with van der Waals surface area (Å²) in [4.78, 5) is 18.8. The smallest absolute Gasteiger partial charge is 0.182 e. The lowest BCUT2D eigenvalue weighted by Gasteiger charge is -2.21. The summed E-state index contributed by atoms with van der Waals surface area (Å²) >= 11 is 5.99. The Bertz CT molecular complexity index is 1460. The molecular formula is C25H22ClFN6O. The molecule has 1 aliphatic heterocycles. The van der Waals surface area contributed by atoms with Crippen molar-refractivity contribution in [2.75, 3.05) is 6.61 Å². The molecule has 1 aliphatic carbocycles. The predicted molar refractivity (Wildman–Crippen MR) is 127 cm³/mol. The second kappa shape index (κ2) is 8.21. The van der Waals surface area contributed by atoms with Crippen LogP contribution in [0.5, 0.6) is 0 Å². The van der Waals surface area contributed by atoms with Gasteiger partial charge in [-0.25, -0.2) is 24.3 Å². The van der Waals surface area contributed by atoms with Gasteiger partial charge in [0.25, 0.3) is 0 Å². The van der Waals surface area contributed by atoms with Crippen molar-refractivity contribution in [3.05, 3.63) is 70.3 Å². The fourth-order valence-corrected chi connectivity index (χ4v) is 4.31. The molecule has 6 rings (SSSR count). The van der Waals surface area contributed by atoms with Crippen LogP contribution in [0.15, 0.2) is 36.7 Å². The Kier molecular flexibility index (Phi) is 5.15. The van der Waals surface area contributed by atoms with Crippen molar-refractivity contribution in [3.8, 4) is 11.3 Å². The monoisotopic (exact) mass is 476 g/mol. The Hall–Kier alpha value is -3.23. The molecule has 0 radical (unpaired) electrons. The SMILES string of the molecule is Cc1nc2nc(C3=CC(c4cnn(C5CC5)c4)OCC3)nc(-c3ccc(Cl)cc3F)c2nc1C. The molecule has 2 aliphatic rings. The van der Waals surface area contributed by atoms with Gasteiger partial charge >= 0.3 is 0 Å². The fourth-order valence-electron chi connectivity index (χ4n) is 4.15. The van der Waals surface area contributed by atoms with E-state index in [1.165, 1.54) is 18.9 Å². The van der Waals surface area contributed by atoms with Crippen molar-refractivity contribution >= 4 is 28.3 Å². The minimum Gasteiger partial charge on any atom is -0.369 e. The van der Waals surface area contributed by atoms with Crippen LogP contribution >= 0.6 is 11.6 Å². The number of nitrogens with zero attached hydrogens (tertiary/aromatic N) is 6. The number of hydrogen-bond acceptors (Lipinski definition) is 6. The molecule has 3 aromatic heterocycles.